The van der Waals surface area contributed by atoms with Gasteiger partial charge in [0, 0.05) is 51.1 Å². The lowest BCUT2D eigenvalue weighted by Gasteiger charge is -2.34. The van der Waals surface area contributed by atoms with Crippen LogP contribution in [0.1, 0.15) is 55.1 Å². The number of rotatable bonds is 11. The van der Waals surface area contributed by atoms with Gasteiger partial charge in [-0.25, -0.2) is 0 Å². The van der Waals surface area contributed by atoms with Crippen LogP contribution in [0.4, 0.5) is 5.69 Å². The Morgan fingerprint density at radius 3 is 2.49 bits per heavy atom. The number of carbonyl (C=O) groups excluding carboxylic acids is 3. The number of likely N-dealkylation sites (N-methyl/N-ethyl adjacent to an activating group) is 1. The predicted octanol–water partition coefficient (Wildman–Crippen LogP) is 3.74. The summed E-state index contributed by atoms with van der Waals surface area (Å²) in [6.45, 7) is 10.8. The number of nitrogens with zero attached hydrogens (tertiary/aromatic N) is 3. The number of carbonyl (C=O) groups is 3. The van der Waals surface area contributed by atoms with E-state index in [4.69, 9.17) is 4.74 Å². The van der Waals surface area contributed by atoms with Gasteiger partial charge in [0.2, 0.25) is 5.91 Å². The van der Waals surface area contributed by atoms with Gasteiger partial charge in [0.1, 0.15) is 12.3 Å². The fourth-order valence-corrected chi connectivity index (χ4v) is 5.36. The quantitative estimate of drug-likeness (QED) is 0.441. The number of hydrogen-bond donors (Lipinski definition) is 1. The Bertz CT molecular complexity index is 1090. The Kier molecular flexibility index (Phi) is 11.5. The Hall–Kier alpha value is -3.23. The van der Waals surface area contributed by atoms with Gasteiger partial charge in [-0.05, 0) is 62.1 Å². The lowest BCUT2D eigenvalue weighted by atomic mass is 10.0. The average Bonchev–Trinajstić information content (AvgIpc) is 3.55. The minimum atomic E-state index is -0.518. The van der Waals surface area contributed by atoms with Gasteiger partial charge in [-0.15, -0.1) is 0 Å². The number of hydrogen-bond acceptors (Lipinski definition) is 6. The van der Waals surface area contributed by atoms with Crippen LogP contribution in [0.5, 0.6) is 0 Å². The summed E-state index contributed by atoms with van der Waals surface area (Å²) in [4.78, 5) is 42.5. The third kappa shape index (κ3) is 7.46. The molecule has 2 aromatic carbocycles. The molecule has 0 radical (unpaired) electrons. The Morgan fingerprint density at radius 2 is 1.90 bits per heavy atom. The highest BCUT2D eigenvalue weighted by atomic mass is 16.5. The molecule has 8 nitrogen and oxygen atoms in total. The number of methoxy groups -OCH3 is 1. The highest BCUT2D eigenvalue weighted by Gasteiger charge is 2.42. The van der Waals surface area contributed by atoms with Crippen molar-refractivity contribution in [2.24, 2.45) is 5.92 Å². The maximum Gasteiger partial charge on any atom is 0.255 e. The van der Waals surface area contributed by atoms with E-state index in [1.165, 1.54) is 11.3 Å². The van der Waals surface area contributed by atoms with Crippen molar-refractivity contribution in [3.63, 3.8) is 0 Å². The summed E-state index contributed by atoms with van der Waals surface area (Å²) < 4.78 is 5.11. The number of nitrogens with one attached hydrogen (secondary N) is 1. The normalized spacial score (nSPS) is 17.1. The van der Waals surface area contributed by atoms with Crippen molar-refractivity contribution in [3.8, 4) is 0 Å². The van der Waals surface area contributed by atoms with Crippen LogP contribution in [0.25, 0.3) is 0 Å². The zero-order chi connectivity index (χ0) is 28.4. The molecule has 4 rings (SSSR count). The molecule has 0 aromatic heterocycles. The van der Waals surface area contributed by atoms with Crippen molar-refractivity contribution in [1.29, 1.82) is 0 Å². The maximum atomic E-state index is 13.0. The number of amides is 2. The summed E-state index contributed by atoms with van der Waals surface area (Å²) in [6, 6.07) is 15.3. The lowest BCUT2D eigenvalue weighted by Crippen LogP contribution is -2.52. The van der Waals surface area contributed by atoms with Crippen LogP contribution in [-0.2, 0) is 27.4 Å². The van der Waals surface area contributed by atoms with Crippen molar-refractivity contribution in [2.45, 2.75) is 58.8 Å². The van der Waals surface area contributed by atoms with Gasteiger partial charge in [0.05, 0.1) is 12.6 Å². The first-order valence-electron chi connectivity index (χ1n) is 14.0. The molecule has 0 aliphatic carbocycles. The zero-order valence-electron chi connectivity index (χ0n) is 24.1. The molecule has 2 atom stereocenters. The molecule has 2 amide bonds. The Labute approximate surface area is 233 Å². The Balaban J connectivity index is 0.000000231. The summed E-state index contributed by atoms with van der Waals surface area (Å²) in [5, 5.41) is 3.15. The van der Waals surface area contributed by atoms with Crippen molar-refractivity contribution < 1.29 is 19.1 Å². The summed E-state index contributed by atoms with van der Waals surface area (Å²) >= 11 is 0. The summed E-state index contributed by atoms with van der Waals surface area (Å²) in [5.41, 5.74) is 4.22. The molecule has 1 saturated heterocycles. The second kappa shape index (κ2) is 14.8. The number of anilines is 1. The van der Waals surface area contributed by atoms with E-state index in [0.29, 0.717) is 25.1 Å². The molecule has 0 spiro atoms. The molecular formula is C31H44N4O4. The monoisotopic (exact) mass is 536 g/mol. The standard InChI is InChI=1S/C18H22N2O3.C13H22N2O/c1-12(2)16(18(23)19-9-5-7-14(19)11-21)20-10-13-6-3-4-8-15(13)17(20)22;1-4-15(9-10-16-3)13-7-5-12(6-8-13)11-14-2/h3-4,6,8,11-12,14,16H,5,7,9-10H2,1-2H3;5-8,14H,4,9-11H2,1-3H3. The molecule has 1 N–H and O–H groups in total. The molecule has 0 saturated carbocycles. The van der Waals surface area contributed by atoms with Crippen LogP contribution in [0.15, 0.2) is 48.5 Å². The third-order valence-electron chi connectivity index (χ3n) is 7.44. The minimum Gasteiger partial charge on any atom is -0.383 e. The Morgan fingerprint density at radius 1 is 1.18 bits per heavy atom. The molecule has 39 heavy (non-hydrogen) atoms. The van der Waals surface area contributed by atoms with Gasteiger partial charge in [-0.1, -0.05) is 44.2 Å². The number of likely N-dealkylation sites (tertiary alicyclic amines) is 1. The van der Waals surface area contributed by atoms with Crippen molar-refractivity contribution >= 4 is 23.8 Å². The smallest absolute Gasteiger partial charge is 0.255 e. The van der Waals surface area contributed by atoms with Gasteiger partial charge >= 0.3 is 0 Å². The fourth-order valence-electron chi connectivity index (χ4n) is 5.36. The van der Waals surface area contributed by atoms with E-state index in [1.54, 1.807) is 16.9 Å². The predicted molar refractivity (Wildman–Crippen MR) is 155 cm³/mol. The number of ether oxygens (including phenoxy) is 1. The third-order valence-corrected chi connectivity index (χ3v) is 7.44. The van der Waals surface area contributed by atoms with Crippen LogP contribution in [0, 0.1) is 5.92 Å². The number of benzene rings is 2. The average molecular weight is 537 g/mol. The summed E-state index contributed by atoms with van der Waals surface area (Å²) in [7, 11) is 3.70. The highest BCUT2D eigenvalue weighted by Crippen LogP contribution is 2.29. The number of aldehydes is 1. The molecule has 2 aromatic rings. The van der Waals surface area contributed by atoms with Crippen LogP contribution >= 0.6 is 0 Å². The lowest BCUT2D eigenvalue weighted by molar-refractivity contribution is -0.140. The SMILES string of the molecule is CC(C)C(C(=O)N1CCCC1C=O)N1Cc2ccccc2C1=O.CCN(CCOC)c1ccc(CNC)cc1. The van der Waals surface area contributed by atoms with Crippen LogP contribution in [0.3, 0.4) is 0 Å². The van der Waals surface area contributed by atoms with Crippen LogP contribution in [0.2, 0.25) is 0 Å². The molecule has 2 unspecified atom stereocenters. The van der Waals surface area contributed by atoms with E-state index < -0.39 is 6.04 Å². The van der Waals surface area contributed by atoms with Gasteiger partial charge in [0.25, 0.3) is 5.91 Å². The van der Waals surface area contributed by atoms with E-state index in [-0.39, 0.29) is 23.8 Å². The molecule has 8 heteroatoms. The van der Waals surface area contributed by atoms with Crippen molar-refractivity contribution in [2.75, 3.05) is 45.3 Å². The van der Waals surface area contributed by atoms with E-state index in [0.717, 1.165) is 44.5 Å². The molecular weight excluding hydrogens is 492 g/mol. The second-order valence-electron chi connectivity index (χ2n) is 10.4. The van der Waals surface area contributed by atoms with E-state index in [9.17, 15) is 14.4 Å². The largest absolute Gasteiger partial charge is 0.383 e. The van der Waals surface area contributed by atoms with Crippen molar-refractivity contribution in [1.82, 2.24) is 15.1 Å². The second-order valence-corrected chi connectivity index (χ2v) is 10.4. The zero-order valence-corrected chi connectivity index (χ0v) is 24.1. The highest BCUT2D eigenvalue weighted by molar-refractivity contribution is 6.01. The molecule has 1 fully saturated rings. The summed E-state index contributed by atoms with van der Waals surface area (Å²) in [5.74, 6) is -0.195. The summed E-state index contributed by atoms with van der Waals surface area (Å²) in [6.07, 6.45) is 2.41. The molecule has 2 heterocycles. The molecule has 0 bridgehead atoms. The van der Waals surface area contributed by atoms with Crippen LogP contribution in [-0.4, -0.2) is 80.4 Å². The maximum absolute atomic E-state index is 13.0. The van der Waals surface area contributed by atoms with Gasteiger partial charge in [0.15, 0.2) is 0 Å². The van der Waals surface area contributed by atoms with Gasteiger partial charge < -0.3 is 29.5 Å². The van der Waals surface area contributed by atoms with Crippen LogP contribution < -0.4 is 10.2 Å². The van der Waals surface area contributed by atoms with Crippen molar-refractivity contribution in [3.05, 3.63) is 65.2 Å². The first kappa shape index (κ1) is 30.3. The topological polar surface area (TPSA) is 82.2 Å². The van der Waals surface area contributed by atoms with Gasteiger partial charge in [-0.3, -0.25) is 9.59 Å². The molecule has 212 valence electrons. The number of fused-ring (bicyclic) bond motifs is 1. The molecule has 2 aliphatic heterocycles. The first-order chi connectivity index (χ1) is 18.9. The fraction of sp³-hybridized carbons (Fsp3) is 0.516. The molecule has 2 aliphatic rings. The van der Waals surface area contributed by atoms with E-state index in [2.05, 4.69) is 41.4 Å². The first-order valence-corrected chi connectivity index (χ1v) is 14.0. The van der Waals surface area contributed by atoms with E-state index in [1.807, 2.05) is 45.2 Å². The van der Waals surface area contributed by atoms with Gasteiger partial charge in [-0.2, -0.15) is 0 Å². The minimum absolute atomic E-state index is 0.00587. The van der Waals surface area contributed by atoms with E-state index >= 15 is 0 Å².